The molecule has 4 aliphatic carbocycles. The smallest absolute Gasteiger partial charge is 0.487 e. The van der Waals surface area contributed by atoms with Gasteiger partial charge in [-0.3, -0.25) is 4.79 Å². The molecule has 0 aromatic heterocycles. The number of alkyl halides is 3. The molecule has 0 heterocycles. The third-order valence-electron chi connectivity index (χ3n) is 8.96. The van der Waals surface area contributed by atoms with E-state index in [2.05, 4.69) is 10.1 Å². The molecule has 4 bridgehead atoms. The third-order valence-corrected chi connectivity index (χ3v) is 8.96. The lowest BCUT2D eigenvalue weighted by Gasteiger charge is -2.58. The monoisotopic (exact) mass is 571 g/mol. The van der Waals surface area contributed by atoms with Crippen molar-refractivity contribution in [2.75, 3.05) is 0 Å². The molecule has 0 saturated heterocycles. The molecule has 0 spiro atoms. The van der Waals surface area contributed by atoms with Crippen molar-refractivity contribution in [3.63, 3.8) is 0 Å². The molecule has 3 aromatic rings. The molecule has 1 atom stereocenters. The Kier molecular flexibility index (Phi) is 6.82. The van der Waals surface area contributed by atoms with Crippen LogP contribution in [-0.4, -0.2) is 29.4 Å². The van der Waals surface area contributed by atoms with E-state index in [1.54, 1.807) is 6.07 Å². The van der Waals surface area contributed by atoms with E-state index in [9.17, 15) is 32.3 Å². The van der Waals surface area contributed by atoms with Crippen LogP contribution in [0.25, 0.3) is 10.8 Å². The summed E-state index contributed by atoms with van der Waals surface area (Å²) in [6.07, 6.45) is 0.867. The first-order chi connectivity index (χ1) is 19.5. The summed E-state index contributed by atoms with van der Waals surface area (Å²) in [7, 11) is 0. The zero-order valence-electron chi connectivity index (χ0n) is 22.0. The second-order valence-electron chi connectivity index (χ2n) is 11.8. The van der Waals surface area contributed by atoms with Gasteiger partial charge >= 0.3 is 12.3 Å². The number of carboxylic acid groups (broad SMARTS) is 1. The second-order valence-corrected chi connectivity index (χ2v) is 11.8. The molecule has 0 unspecified atom stereocenters. The van der Waals surface area contributed by atoms with Crippen molar-refractivity contribution in [3.8, 4) is 11.5 Å². The summed E-state index contributed by atoms with van der Waals surface area (Å²) in [5.41, 5.74) is 0.0351. The van der Waals surface area contributed by atoms with Gasteiger partial charge in [-0.1, -0.05) is 30.3 Å². The van der Waals surface area contributed by atoms with Gasteiger partial charge in [0, 0.05) is 16.2 Å². The van der Waals surface area contributed by atoms with E-state index in [1.807, 2.05) is 0 Å². The minimum atomic E-state index is -4.82. The number of benzene rings is 3. The van der Waals surface area contributed by atoms with Gasteiger partial charge in [0.05, 0.1) is 5.56 Å². The zero-order valence-corrected chi connectivity index (χ0v) is 22.0. The Labute approximate surface area is 233 Å². The van der Waals surface area contributed by atoms with Gasteiger partial charge < -0.3 is 19.9 Å². The molecule has 4 fully saturated rings. The van der Waals surface area contributed by atoms with Gasteiger partial charge in [-0.2, -0.15) is 0 Å². The van der Waals surface area contributed by atoms with Crippen LogP contribution < -0.4 is 14.8 Å². The maximum Gasteiger partial charge on any atom is 0.573 e. The standard InChI is InChI=1S/C31H29F4NO5/c32-25-3-1-2-23-22(25)8-9-24(26(23)40-16-17-4-6-21(7-5-17)41-31(33,34)35)28(37)36-27(29(38)39)30-13-18-10-19(14-30)12-20(11-18)15-30/h1-9,18-20,27H,10-16H2,(H,36,37)(H,38,39)/t18?,19?,20?,27-,30?/m1/s1. The first-order valence-corrected chi connectivity index (χ1v) is 13.7. The molecule has 3 aromatic carbocycles. The first kappa shape index (κ1) is 27.4. The molecular weight excluding hydrogens is 542 g/mol. The summed E-state index contributed by atoms with van der Waals surface area (Å²) in [6.45, 7) is -0.139. The summed E-state index contributed by atoms with van der Waals surface area (Å²) in [6, 6.07) is 11.2. The van der Waals surface area contributed by atoms with E-state index in [1.165, 1.54) is 36.4 Å². The van der Waals surface area contributed by atoms with Crippen LogP contribution in [0, 0.1) is 29.0 Å². The number of ether oxygens (including phenoxy) is 2. The van der Waals surface area contributed by atoms with Gasteiger partial charge in [0.15, 0.2) is 0 Å². The van der Waals surface area contributed by atoms with E-state index in [4.69, 9.17) is 4.74 Å². The molecule has 0 aliphatic heterocycles. The maximum absolute atomic E-state index is 14.6. The molecule has 7 rings (SSSR count). The number of hydrogen-bond acceptors (Lipinski definition) is 4. The van der Waals surface area contributed by atoms with Gasteiger partial charge in [-0.25, -0.2) is 9.18 Å². The molecule has 10 heteroatoms. The fraction of sp³-hybridized carbons (Fsp3) is 0.419. The van der Waals surface area contributed by atoms with E-state index >= 15 is 0 Å². The normalized spacial score (nSPS) is 25.6. The highest BCUT2D eigenvalue weighted by Gasteiger charge is 2.56. The van der Waals surface area contributed by atoms with Crippen LogP contribution in [0.5, 0.6) is 11.5 Å². The summed E-state index contributed by atoms with van der Waals surface area (Å²) in [4.78, 5) is 26.3. The van der Waals surface area contributed by atoms with Crippen molar-refractivity contribution in [2.24, 2.45) is 23.2 Å². The highest BCUT2D eigenvalue weighted by atomic mass is 19.4. The Hall–Kier alpha value is -3.82. The van der Waals surface area contributed by atoms with Gasteiger partial charge in [0.25, 0.3) is 5.91 Å². The lowest BCUT2D eigenvalue weighted by molar-refractivity contribution is -0.274. The largest absolute Gasteiger partial charge is 0.573 e. The minimum absolute atomic E-state index is 0.0519. The SMILES string of the molecule is O=C(N[C@H](C(=O)O)C12CC3CC(CC(C3)C1)C2)c1ccc2c(F)cccc2c1OCc1ccc(OC(F)(F)F)cc1. The van der Waals surface area contributed by atoms with Crippen LogP contribution in [0.2, 0.25) is 0 Å². The van der Waals surface area contributed by atoms with Gasteiger partial charge in [0.2, 0.25) is 0 Å². The fourth-order valence-electron chi connectivity index (χ4n) is 7.79. The molecule has 2 N–H and O–H groups in total. The highest BCUT2D eigenvalue weighted by Crippen LogP contribution is 2.61. The molecule has 4 aliphatic rings. The molecule has 0 radical (unpaired) electrons. The van der Waals surface area contributed by atoms with Crippen molar-refractivity contribution < 1.29 is 41.7 Å². The molecule has 216 valence electrons. The maximum atomic E-state index is 14.6. The molecule has 41 heavy (non-hydrogen) atoms. The topological polar surface area (TPSA) is 84.9 Å². The van der Waals surface area contributed by atoms with E-state index in [0.717, 1.165) is 50.7 Å². The van der Waals surface area contributed by atoms with Crippen molar-refractivity contribution in [3.05, 3.63) is 71.5 Å². The number of halogens is 4. The quantitative estimate of drug-likeness (QED) is 0.289. The first-order valence-electron chi connectivity index (χ1n) is 13.7. The number of hydrogen-bond donors (Lipinski definition) is 2. The Morgan fingerprint density at radius 2 is 1.56 bits per heavy atom. The number of nitrogens with one attached hydrogen (secondary N) is 1. The van der Waals surface area contributed by atoms with Crippen molar-refractivity contribution in [2.45, 2.75) is 57.5 Å². The van der Waals surface area contributed by atoms with Crippen LogP contribution in [0.3, 0.4) is 0 Å². The minimum Gasteiger partial charge on any atom is -0.487 e. The number of carbonyl (C=O) groups is 2. The van der Waals surface area contributed by atoms with E-state index in [-0.39, 0.29) is 23.3 Å². The Morgan fingerprint density at radius 3 is 2.15 bits per heavy atom. The fourth-order valence-corrected chi connectivity index (χ4v) is 7.79. The summed E-state index contributed by atoms with van der Waals surface area (Å²) >= 11 is 0. The molecule has 1 amide bonds. The van der Waals surface area contributed by atoms with Crippen LogP contribution >= 0.6 is 0 Å². The molecule has 6 nitrogen and oxygen atoms in total. The zero-order chi connectivity index (χ0) is 28.9. The predicted octanol–water partition coefficient (Wildman–Crippen LogP) is 6.86. The summed E-state index contributed by atoms with van der Waals surface area (Å²) < 4.78 is 62.1. The van der Waals surface area contributed by atoms with Gasteiger partial charge in [0.1, 0.15) is 30.0 Å². The summed E-state index contributed by atoms with van der Waals surface area (Å²) in [5, 5.41) is 13.6. The Bertz CT molecular complexity index is 1450. The Morgan fingerprint density at radius 1 is 0.927 bits per heavy atom. The predicted molar refractivity (Wildman–Crippen MR) is 141 cm³/mol. The van der Waals surface area contributed by atoms with Crippen LogP contribution in [0.15, 0.2) is 54.6 Å². The summed E-state index contributed by atoms with van der Waals surface area (Å²) in [5.74, 6) is -1.12. The van der Waals surface area contributed by atoms with Crippen molar-refractivity contribution in [1.29, 1.82) is 0 Å². The number of rotatable bonds is 8. The average molecular weight is 572 g/mol. The highest BCUT2D eigenvalue weighted by molar-refractivity contribution is 6.05. The lowest BCUT2D eigenvalue weighted by atomic mass is 9.47. The van der Waals surface area contributed by atoms with E-state index < -0.39 is 41.3 Å². The van der Waals surface area contributed by atoms with E-state index in [0.29, 0.717) is 28.7 Å². The van der Waals surface area contributed by atoms with Crippen molar-refractivity contribution >= 4 is 22.6 Å². The number of amides is 1. The number of aliphatic carboxylic acids is 1. The van der Waals surface area contributed by atoms with Gasteiger partial charge in [-0.05, 0) is 86.1 Å². The second kappa shape index (κ2) is 10.2. The van der Waals surface area contributed by atoms with Crippen LogP contribution in [0.1, 0.15) is 54.4 Å². The number of carbonyl (C=O) groups excluding carboxylic acids is 1. The van der Waals surface area contributed by atoms with Gasteiger partial charge in [-0.15, -0.1) is 13.2 Å². The van der Waals surface area contributed by atoms with Crippen LogP contribution in [0.4, 0.5) is 17.6 Å². The third kappa shape index (κ3) is 5.44. The number of fused-ring (bicyclic) bond motifs is 1. The average Bonchev–Trinajstić information content (AvgIpc) is 2.89. The number of carboxylic acids is 1. The molecular formula is C31H29F4NO5. The van der Waals surface area contributed by atoms with Crippen LogP contribution in [-0.2, 0) is 11.4 Å². The Balaban J connectivity index is 1.28. The molecule has 4 saturated carbocycles. The lowest BCUT2D eigenvalue weighted by Crippen LogP contribution is -2.59. The van der Waals surface area contributed by atoms with Crippen molar-refractivity contribution in [1.82, 2.24) is 5.32 Å².